The number of likely N-dealkylation sites (N-methyl/N-ethyl adjacent to an activating group) is 1. The molecule has 1 fully saturated rings. The molecule has 1 aliphatic rings. The molecule has 4 heteroatoms. The number of aryl methyl sites for hydroxylation is 1. The third kappa shape index (κ3) is 2.82. The predicted molar refractivity (Wildman–Crippen MR) is 75.8 cm³/mol. The van der Waals surface area contributed by atoms with E-state index < -0.39 is 0 Å². The van der Waals surface area contributed by atoms with Gasteiger partial charge in [0.15, 0.2) is 0 Å². The lowest BCUT2D eigenvalue weighted by Crippen LogP contribution is -2.31. The standard InChI is InChI=1S/C14H24N4/c1-4-12-7-11(9-15)8-14(16-12)18-6-5-13(10-18)17(2)3/h7-8,13H,4-6,9-10,15H2,1-3H3. The number of anilines is 1. The van der Waals surface area contributed by atoms with Gasteiger partial charge in [-0.15, -0.1) is 0 Å². The lowest BCUT2D eigenvalue weighted by atomic mass is 10.2. The van der Waals surface area contributed by atoms with E-state index in [0.29, 0.717) is 12.6 Å². The van der Waals surface area contributed by atoms with E-state index in [2.05, 4.69) is 43.0 Å². The molecule has 0 saturated carbocycles. The first-order valence-corrected chi connectivity index (χ1v) is 6.75. The molecule has 0 spiro atoms. The Kier molecular flexibility index (Phi) is 4.19. The molecule has 1 atom stereocenters. The van der Waals surface area contributed by atoms with Crippen molar-refractivity contribution in [2.75, 3.05) is 32.1 Å². The Hall–Kier alpha value is -1.13. The molecule has 100 valence electrons. The summed E-state index contributed by atoms with van der Waals surface area (Å²) in [4.78, 5) is 9.40. The van der Waals surface area contributed by atoms with Crippen LogP contribution in [0.25, 0.3) is 0 Å². The number of hydrogen-bond donors (Lipinski definition) is 1. The van der Waals surface area contributed by atoms with Crippen LogP contribution >= 0.6 is 0 Å². The molecule has 0 aliphatic carbocycles. The minimum Gasteiger partial charge on any atom is -0.355 e. The summed E-state index contributed by atoms with van der Waals surface area (Å²) in [7, 11) is 4.30. The Morgan fingerprint density at radius 2 is 2.22 bits per heavy atom. The quantitative estimate of drug-likeness (QED) is 0.871. The summed E-state index contributed by atoms with van der Waals surface area (Å²) in [6, 6.07) is 4.89. The Morgan fingerprint density at radius 1 is 1.44 bits per heavy atom. The van der Waals surface area contributed by atoms with E-state index in [1.165, 1.54) is 12.0 Å². The first kappa shape index (κ1) is 13.3. The van der Waals surface area contributed by atoms with Gasteiger partial charge in [0, 0.05) is 31.4 Å². The van der Waals surface area contributed by atoms with Gasteiger partial charge in [0.25, 0.3) is 0 Å². The second kappa shape index (κ2) is 5.67. The van der Waals surface area contributed by atoms with Gasteiger partial charge in [-0.05, 0) is 44.6 Å². The van der Waals surface area contributed by atoms with Gasteiger partial charge < -0.3 is 15.5 Å². The smallest absolute Gasteiger partial charge is 0.129 e. The summed E-state index contributed by atoms with van der Waals surface area (Å²) < 4.78 is 0. The number of hydrogen-bond acceptors (Lipinski definition) is 4. The monoisotopic (exact) mass is 248 g/mol. The number of pyridine rings is 1. The van der Waals surface area contributed by atoms with Crippen LogP contribution in [-0.2, 0) is 13.0 Å². The van der Waals surface area contributed by atoms with Gasteiger partial charge in [0.1, 0.15) is 5.82 Å². The average Bonchev–Trinajstić information content (AvgIpc) is 2.87. The molecule has 0 radical (unpaired) electrons. The molecule has 0 bridgehead atoms. The van der Waals surface area contributed by atoms with Crippen molar-refractivity contribution in [3.63, 3.8) is 0 Å². The molecule has 1 aromatic rings. The summed E-state index contributed by atoms with van der Waals surface area (Å²) >= 11 is 0. The van der Waals surface area contributed by atoms with Crippen LogP contribution in [0.5, 0.6) is 0 Å². The van der Waals surface area contributed by atoms with Crippen LogP contribution in [0.2, 0.25) is 0 Å². The van der Waals surface area contributed by atoms with Crippen LogP contribution in [-0.4, -0.2) is 43.1 Å². The largest absolute Gasteiger partial charge is 0.355 e. The van der Waals surface area contributed by atoms with E-state index in [4.69, 9.17) is 10.7 Å². The minimum atomic E-state index is 0.591. The van der Waals surface area contributed by atoms with E-state index in [1.54, 1.807) is 0 Å². The molecule has 4 nitrogen and oxygen atoms in total. The molecule has 1 unspecified atom stereocenters. The highest BCUT2D eigenvalue weighted by Gasteiger charge is 2.25. The van der Waals surface area contributed by atoms with Crippen molar-refractivity contribution in [3.05, 3.63) is 23.4 Å². The zero-order valence-corrected chi connectivity index (χ0v) is 11.7. The maximum Gasteiger partial charge on any atom is 0.129 e. The molecule has 2 N–H and O–H groups in total. The van der Waals surface area contributed by atoms with Crippen molar-refractivity contribution in [1.82, 2.24) is 9.88 Å². The maximum absolute atomic E-state index is 5.76. The zero-order chi connectivity index (χ0) is 13.1. The first-order chi connectivity index (χ1) is 8.63. The lowest BCUT2D eigenvalue weighted by Gasteiger charge is -2.22. The van der Waals surface area contributed by atoms with Crippen molar-refractivity contribution in [1.29, 1.82) is 0 Å². The van der Waals surface area contributed by atoms with Crippen molar-refractivity contribution < 1.29 is 0 Å². The van der Waals surface area contributed by atoms with Crippen LogP contribution in [0.1, 0.15) is 24.6 Å². The molecular formula is C14H24N4. The topological polar surface area (TPSA) is 45.4 Å². The van der Waals surface area contributed by atoms with Gasteiger partial charge in [-0.1, -0.05) is 6.92 Å². The fraction of sp³-hybridized carbons (Fsp3) is 0.643. The van der Waals surface area contributed by atoms with Gasteiger partial charge in [-0.25, -0.2) is 4.98 Å². The number of nitrogens with two attached hydrogens (primary N) is 1. The Morgan fingerprint density at radius 3 is 2.78 bits per heavy atom. The summed E-state index contributed by atoms with van der Waals surface area (Å²) in [5, 5.41) is 0. The number of nitrogens with zero attached hydrogens (tertiary/aromatic N) is 3. The Labute approximate surface area is 110 Å². The predicted octanol–water partition coefficient (Wildman–Crippen LogP) is 1.24. The van der Waals surface area contributed by atoms with Crippen LogP contribution in [0.3, 0.4) is 0 Å². The molecule has 2 rings (SSSR count). The van der Waals surface area contributed by atoms with Gasteiger partial charge in [-0.2, -0.15) is 0 Å². The van der Waals surface area contributed by atoms with Gasteiger partial charge in [0.05, 0.1) is 0 Å². The summed E-state index contributed by atoms with van der Waals surface area (Å²) in [6.45, 7) is 4.89. The van der Waals surface area contributed by atoms with Crippen molar-refractivity contribution in [3.8, 4) is 0 Å². The van der Waals surface area contributed by atoms with Gasteiger partial charge >= 0.3 is 0 Å². The molecule has 0 aromatic carbocycles. The van der Waals surface area contributed by atoms with Crippen LogP contribution in [0.15, 0.2) is 12.1 Å². The molecule has 1 aliphatic heterocycles. The van der Waals surface area contributed by atoms with Gasteiger partial charge in [-0.3, -0.25) is 0 Å². The van der Waals surface area contributed by atoms with Crippen molar-refractivity contribution in [2.24, 2.45) is 5.73 Å². The van der Waals surface area contributed by atoms with E-state index in [-0.39, 0.29) is 0 Å². The van der Waals surface area contributed by atoms with Crippen LogP contribution < -0.4 is 10.6 Å². The third-order valence-corrected chi connectivity index (χ3v) is 3.74. The van der Waals surface area contributed by atoms with Crippen molar-refractivity contribution in [2.45, 2.75) is 32.4 Å². The second-order valence-corrected chi connectivity index (χ2v) is 5.23. The highest BCUT2D eigenvalue weighted by atomic mass is 15.3. The molecule has 1 saturated heterocycles. The van der Waals surface area contributed by atoms with Crippen molar-refractivity contribution >= 4 is 5.82 Å². The SMILES string of the molecule is CCc1cc(CN)cc(N2CCC(N(C)C)C2)n1. The zero-order valence-electron chi connectivity index (χ0n) is 11.7. The highest BCUT2D eigenvalue weighted by molar-refractivity contribution is 5.44. The average molecular weight is 248 g/mol. The molecule has 2 heterocycles. The first-order valence-electron chi connectivity index (χ1n) is 6.75. The molecule has 0 amide bonds. The summed E-state index contributed by atoms with van der Waals surface area (Å²) in [5.41, 5.74) is 8.09. The molecule has 18 heavy (non-hydrogen) atoms. The normalized spacial score (nSPS) is 19.8. The number of aromatic nitrogens is 1. The van der Waals surface area contributed by atoms with Gasteiger partial charge in [0.2, 0.25) is 0 Å². The van der Waals surface area contributed by atoms with E-state index in [0.717, 1.165) is 31.0 Å². The van der Waals surface area contributed by atoms with Crippen LogP contribution in [0.4, 0.5) is 5.82 Å². The second-order valence-electron chi connectivity index (χ2n) is 5.23. The van der Waals surface area contributed by atoms with E-state index >= 15 is 0 Å². The summed E-state index contributed by atoms with van der Waals surface area (Å²) in [6.07, 6.45) is 2.18. The van der Waals surface area contributed by atoms with E-state index in [1.807, 2.05) is 0 Å². The highest BCUT2D eigenvalue weighted by Crippen LogP contribution is 2.22. The lowest BCUT2D eigenvalue weighted by molar-refractivity contribution is 0.315. The Bertz CT molecular complexity index is 381. The third-order valence-electron chi connectivity index (χ3n) is 3.74. The fourth-order valence-corrected chi connectivity index (χ4v) is 2.47. The fourth-order valence-electron chi connectivity index (χ4n) is 2.47. The van der Waals surface area contributed by atoms with Crippen LogP contribution in [0, 0.1) is 0 Å². The maximum atomic E-state index is 5.76. The Balaban J connectivity index is 2.18. The molecular weight excluding hydrogens is 224 g/mol. The van der Waals surface area contributed by atoms with E-state index in [9.17, 15) is 0 Å². The number of rotatable bonds is 4. The minimum absolute atomic E-state index is 0.591. The molecule has 1 aromatic heterocycles. The summed E-state index contributed by atoms with van der Waals surface area (Å²) in [5.74, 6) is 1.10.